The van der Waals surface area contributed by atoms with E-state index < -0.39 is 0 Å². The standard InChI is InChI=1S/C15H34N4O/c1-5-16-10-12-19(13-11-17-6-2)15(20)9-8-14(4)18-7-3/h14,16-18H,5-13H2,1-4H3. The summed E-state index contributed by atoms with van der Waals surface area (Å²) in [7, 11) is 0. The van der Waals surface area contributed by atoms with E-state index in [1.807, 2.05) is 4.90 Å². The Labute approximate surface area is 124 Å². The van der Waals surface area contributed by atoms with Crippen LogP contribution in [-0.4, -0.2) is 62.7 Å². The third-order valence-corrected chi connectivity index (χ3v) is 3.31. The average Bonchev–Trinajstić information content (AvgIpc) is 2.44. The first-order valence-electron chi connectivity index (χ1n) is 8.08. The molecule has 1 atom stereocenters. The van der Waals surface area contributed by atoms with Crippen molar-refractivity contribution in [3.8, 4) is 0 Å². The highest BCUT2D eigenvalue weighted by atomic mass is 16.2. The van der Waals surface area contributed by atoms with E-state index in [-0.39, 0.29) is 5.91 Å². The fourth-order valence-corrected chi connectivity index (χ4v) is 2.09. The van der Waals surface area contributed by atoms with E-state index in [1.165, 1.54) is 0 Å². The molecule has 3 N–H and O–H groups in total. The molecule has 20 heavy (non-hydrogen) atoms. The van der Waals surface area contributed by atoms with Gasteiger partial charge in [0.15, 0.2) is 0 Å². The van der Waals surface area contributed by atoms with Crippen LogP contribution in [0.1, 0.15) is 40.5 Å². The minimum absolute atomic E-state index is 0.269. The summed E-state index contributed by atoms with van der Waals surface area (Å²) < 4.78 is 0. The molecule has 5 nitrogen and oxygen atoms in total. The lowest BCUT2D eigenvalue weighted by molar-refractivity contribution is -0.131. The number of likely N-dealkylation sites (N-methyl/N-ethyl adjacent to an activating group) is 2. The number of hydrogen-bond donors (Lipinski definition) is 3. The number of carbonyl (C=O) groups is 1. The molecular weight excluding hydrogens is 252 g/mol. The third kappa shape index (κ3) is 10.2. The topological polar surface area (TPSA) is 56.4 Å². The van der Waals surface area contributed by atoms with Crippen LogP contribution >= 0.6 is 0 Å². The summed E-state index contributed by atoms with van der Waals surface area (Å²) in [6, 6.07) is 0.410. The normalized spacial score (nSPS) is 12.4. The lowest BCUT2D eigenvalue weighted by Gasteiger charge is -2.24. The van der Waals surface area contributed by atoms with Crippen LogP contribution in [0.15, 0.2) is 0 Å². The van der Waals surface area contributed by atoms with E-state index in [9.17, 15) is 4.79 Å². The van der Waals surface area contributed by atoms with Gasteiger partial charge in [0.25, 0.3) is 0 Å². The highest BCUT2D eigenvalue weighted by molar-refractivity contribution is 5.76. The van der Waals surface area contributed by atoms with E-state index in [0.717, 1.165) is 52.2 Å². The first-order valence-corrected chi connectivity index (χ1v) is 8.08. The van der Waals surface area contributed by atoms with Crippen LogP contribution in [0.25, 0.3) is 0 Å². The van der Waals surface area contributed by atoms with Gasteiger partial charge in [0.05, 0.1) is 0 Å². The second-order valence-electron chi connectivity index (χ2n) is 5.09. The third-order valence-electron chi connectivity index (χ3n) is 3.31. The number of nitrogens with zero attached hydrogens (tertiary/aromatic N) is 1. The molecule has 0 aliphatic carbocycles. The number of hydrogen-bond acceptors (Lipinski definition) is 4. The fraction of sp³-hybridized carbons (Fsp3) is 0.933. The van der Waals surface area contributed by atoms with Crippen molar-refractivity contribution in [2.24, 2.45) is 0 Å². The molecule has 0 rings (SSSR count). The highest BCUT2D eigenvalue weighted by Crippen LogP contribution is 2.01. The predicted molar refractivity (Wildman–Crippen MR) is 86.0 cm³/mol. The maximum atomic E-state index is 12.3. The van der Waals surface area contributed by atoms with E-state index in [1.54, 1.807) is 0 Å². The summed E-state index contributed by atoms with van der Waals surface area (Å²) in [6.45, 7) is 14.6. The minimum atomic E-state index is 0.269. The van der Waals surface area contributed by atoms with E-state index in [2.05, 4.69) is 43.6 Å². The van der Waals surface area contributed by atoms with E-state index in [0.29, 0.717) is 12.5 Å². The van der Waals surface area contributed by atoms with Crippen LogP contribution in [0.4, 0.5) is 0 Å². The van der Waals surface area contributed by atoms with Gasteiger partial charge in [0, 0.05) is 38.6 Å². The SMILES string of the molecule is CCNCCN(CCNCC)C(=O)CCC(C)NCC. The monoisotopic (exact) mass is 286 g/mol. The second kappa shape index (κ2) is 13.3. The van der Waals surface area contributed by atoms with Crippen molar-refractivity contribution in [2.75, 3.05) is 45.8 Å². The number of rotatable bonds is 13. The molecule has 0 fully saturated rings. The van der Waals surface area contributed by atoms with Crippen molar-refractivity contribution in [1.29, 1.82) is 0 Å². The summed E-state index contributed by atoms with van der Waals surface area (Å²) in [5, 5.41) is 9.91. The Hall–Kier alpha value is -0.650. The van der Waals surface area contributed by atoms with E-state index in [4.69, 9.17) is 0 Å². The summed E-state index contributed by atoms with van der Waals surface area (Å²) in [5.41, 5.74) is 0. The van der Waals surface area contributed by atoms with Gasteiger partial charge in [-0.3, -0.25) is 4.79 Å². The summed E-state index contributed by atoms with van der Waals surface area (Å²) in [4.78, 5) is 14.3. The molecule has 0 aromatic heterocycles. The van der Waals surface area contributed by atoms with Crippen LogP contribution in [0.5, 0.6) is 0 Å². The molecule has 0 saturated carbocycles. The molecule has 0 saturated heterocycles. The molecule has 0 aliphatic rings. The lowest BCUT2D eigenvalue weighted by Crippen LogP contribution is -2.41. The van der Waals surface area contributed by atoms with Gasteiger partial charge in [-0.2, -0.15) is 0 Å². The summed E-state index contributed by atoms with van der Waals surface area (Å²) >= 11 is 0. The van der Waals surface area contributed by atoms with Crippen LogP contribution < -0.4 is 16.0 Å². The van der Waals surface area contributed by atoms with E-state index >= 15 is 0 Å². The zero-order chi connectivity index (χ0) is 15.2. The molecular formula is C15H34N4O. The van der Waals surface area contributed by atoms with Crippen molar-refractivity contribution >= 4 is 5.91 Å². The Balaban J connectivity index is 4.09. The van der Waals surface area contributed by atoms with Gasteiger partial charge in [0.2, 0.25) is 5.91 Å². The average molecular weight is 286 g/mol. The van der Waals surface area contributed by atoms with Gasteiger partial charge in [-0.05, 0) is 33.0 Å². The Morgan fingerprint density at radius 1 is 1.00 bits per heavy atom. The van der Waals surface area contributed by atoms with Crippen LogP contribution in [-0.2, 0) is 4.79 Å². The summed E-state index contributed by atoms with van der Waals surface area (Å²) in [6.07, 6.45) is 1.54. The predicted octanol–water partition coefficient (Wildman–Crippen LogP) is 0.812. The van der Waals surface area contributed by atoms with Crippen molar-refractivity contribution in [2.45, 2.75) is 46.6 Å². The first kappa shape index (κ1) is 19.4. The molecule has 5 heteroatoms. The van der Waals surface area contributed by atoms with Crippen LogP contribution in [0.3, 0.4) is 0 Å². The van der Waals surface area contributed by atoms with Gasteiger partial charge in [0.1, 0.15) is 0 Å². The van der Waals surface area contributed by atoms with Crippen molar-refractivity contribution in [3.05, 3.63) is 0 Å². The molecule has 0 spiro atoms. The Morgan fingerprint density at radius 2 is 1.55 bits per heavy atom. The van der Waals surface area contributed by atoms with Crippen molar-refractivity contribution in [3.63, 3.8) is 0 Å². The number of nitrogens with one attached hydrogen (secondary N) is 3. The van der Waals surface area contributed by atoms with Gasteiger partial charge >= 0.3 is 0 Å². The molecule has 0 heterocycles. The largest absolute Gasteiger partial charge is 0.340 e. The van der Waals surface area contributed by atoms with Gasteiger partial charge < -0.3 is 20.9 Å². The Kier molecular flexibility index (Phi) is 12.9. The Morgan fingerprint density at radius 3 is 2.00 bits per heavy atom. The van der Waals surface area contributed by atoms with Gasteiger partial charge in [-0.15, -0.1) is 0 Å². The quantitative estimate of drug-likeness (QED) is 0.439. The highest BCUT2D eigenvalue weighted by Gasteiger charge is 2.13. The maximum absolute atomic E-state index is 12.3. The zero-order valence-corrected chi connectivity index (χ0v) is 13.8. The Bertz CT molecular complexity index is 226. The zero-order valence-electron chi connectivity index (χ0n) is 13.8. The maximum Gasteiger partial charge on any atom is 0.222 e. The summed E-state index contributed by atoms with van der Waals surface area (Å²) in [5.74, 6) is 0.269. The first-order chi connectivity index (χ1) is 9.65. The molecule has 0 aromatic rings. The number of carbonyl (C=O) groups excluding carboxylic acids is 1. The number of amides is 1. The van der Waals surface area contributed by atoms with Crippen LogP contribution in [0.2, 0.25) is 0 Å². The second-order valence-corrected chi connectivity index (χ2v) is 5.09. The van der Waals surface area contributed by atoms with Crippen LogP contribution in [0, 0.1) is 0 Å². The van der Waals surface area contributed by atoms with Gasteiger partial charge in [-0.25, -0.2) is 0 Å². The molecule has 1 unspecified atom stereocenters. The molecule has 1 amide bonds. The van der Waals surface area contributed by atoms with Crippen molar-refractivity contribution in [1.82, 2.24) is 20.9 Å². The molecule has 0 aromatic carbocycles. The smallest absolute Gasteiger partial charge is 0.222 e. The molecule has 0 bridgehead atoms. The lowest BCUT2D eigenvalue weighted by atomic mass is 10.1. The van der Waals surface area contributed by atoms with Gasteiger partial charge in [-0.1, -0.05) is 20.8 Å². The molecule has 120 valence electrons. The molecule has 0 radical (unpaired) electrons. The molecule has 0 aliphatic heterocycles. The van der Waals surface area contributed by atoms with Crippen molar-refractivity contribution < 1.29 is 4.79 Å². The minimum Gasteiger partial charge on any atom is -0.340 e. The fourth-order valence-electron chi connectivity index (χ4n) is 2.09.